The van der Waals surface area contributed by atoms with Crippen LogP contribution in [0.1, 0.15) is 25.3 Å². The topological polar surface area (TPSA) is 75.8 Å². The molecule has 5 heteroatoms. The number of nitrogens with two attached hydrogens (primary N) is 1. The maximum atomic E-state index is 11.1. The third-order valence-corrected chi connectivity index (χ3v) is 3.58. The van der Waals surface area contributed by atoms with Crippen LogP contribution in [0.5, 0.6) is 5.75 Å². The monoisotopic (exact) mass is 264 g/mol. The molecule has 0 unspecified atom stereocenters. The predicted octanol–water partition coefficient (Wildman–Crippen LogP) is 2.35. The van der Waals surface area contributed by atoms with Gasteiger partial charge < -0.3 is 20.5 Å². The molecule has 1 aliphatic heterocycles. The predicted molar refractivity (Wildman–Crippen MR) is 73.5 cm³/mol. The Morgan fingerprint density at radius 1 is 1.58 bits per heavy atom. The van der Waals surface area contributed by atoms with Crippen LogP contribution in [0.4, 0.5) is 10.5 Å². The lowest BCUT2D eigenvalue weighted by molar-refractivity contribution is 0.123. The third kappa shape index (κ3) is 2.92. The zero-order valence-corrected chi connectivity index (χ0v) is 11.1. The number of benzene rings is 1. The molecule has 0 bridgehead atoms. The highest BCUT2D eigenvalue weighted by Gasteiger charge is 2.29. The van der Waals surface area contributed by atoms with Gasteiger partial charge in [0.15, 0.2) is 0 Å². The van der Waals surface area contributed by atoms with Crippen LogP contribution < -0.4 is 10.5 Å². The van der Waals surface area contributed by atoms with Crippen molar-refractivity contribution in [3.63, 3.8) is 0 Å². The van der Waals surface area contributed by atoms with Gasteiger partial charge in [-0.3, -0.25) is 0 Å². The number of carboxylic acid groups (broad SMARTS) is 1. The normalized spacial score (nSPS) is 18.6. The van der Waals surface area contributed by atoms with Crippen molar-refractivity contribution in [3.8, 4) is 5.75 Å². The van der Waals surface area contributed by atoms with Crippen molar-refractivity contribution >= 4 is 11.8 Å². The number of ether oxygens (including phenoxy) is 1. The Hall–Kier alpha value is -1.91. The maximum absolute atomic E-state index is 11.1. The first-order valence-electron chi connectivity index (χ1n) is 6.63. The summed E-state index contributed by atoms with van der Waals surface area (Å²) in [6, 6.07) is 5.54. The first-order valence-corrected chi connectivity index (χ1v) is 6.63. The maximum Gasteiger partial charge on any atom is 0.407 e. The highest BCUT2D eigenvalue weighted by molar-refractivity contribution is 5.65. The molecular weight excluding hydrogens is 244 g/mol. The molecule has 104 valence electrons. The van der Waals surface area contributed by atoms with Crippen molar-refractivity contribution in [2.45, 2.75) is 32.2 Å². The minimum absolute atomic E-state index is 0.0522. The lowest BCUT2D eigenvalue weighted by atomic mass is 10.1. The number of likely N-dealkylation sites (tertiary alicyclic amines) is 1. The summed E-state index contributed by atoms with van der Waals surface area (Å²) in [7, 11) is 0. The number of rotatable bonds is 4. The fourth-order valence-corrected chi connectivity index (χ4v) is 2.54. The van der Waals surface area contributed by atoms with E-state index < -0.39 is 6.09 Å². The van der Waals surface area contributed by atoms with Crippen molar-refractivity contribution in [1.82, 2.24) is 4.90 Å². The summed E-state index contributed by atoms with van der Waals surface area (Å²) in [5, 5.41) is 9.08. The summed E-state index contributed by atoms with van der Waals surface area (Å²) >= 11 is 0. The van der Waals surface area contributed by atoms with E-state index in [9.17, 15) is 4.79 Å². The molecule has 5 nitrogen and oxygen atoms in total. The van der Waals surface area contributed by atoms with Gasteiger partial charge in [0.25, 0.3) is 0 Å². The van der Waals surface area contributed by atoms with Gasteiger partial charge in [-0.1, -0.05) is 13.0 Å². The molecule has 1 aliphatic rings. The summed E-state index contributed by atoms with van der Waals surface area (Å²) < 4.78 is 5.79. The lowest BCUT2D eigenvalue weighted by Gasteiger charge is -2.22. The van der Waals surface area contributed by atoms with E-state index in [1.807, 2.05) is 25.1 Å². The van der Waals surface area contributed by atoms with Crippen LogP contribution in [0.15, 0.2) is 18.2 Å². The van der Waals surface area contributed by atoms with Gasteiger partial charge in [-0.2, -0.15) is 0 Å². The van der Waals surface area contributed by atoms with Crippen molar-refractivity contribution in [3.05, 3.63) is 23.8 Å². The third-order valence-electron chi connectivity index (χ3n) is 3.58. The minimum Gasteiger partial charge on any atom is -0.491 e. The van der Waals surface area contributed by atoms with Gasteiger partial charge in [0.05, 0.1) is 6.04 Å². The summed E-state index contributed by atoms with van der Waals surface area (Å²) in [6.45, 7) is 3.02. The standard InChI is InChI=1S/C14H20N2O3/c1-2-11-12(15)6-3-7-13(11)19-9-10-5-4-8-16(10)14(17)18/h3,6-7,10H,2,4-5,8-9,15H2,1H3,(H,17,18)/t10-/m0/s1. The largest absolute Gasteiger partial charge is 0.491 e. The molecule has 1 amide bonds. The highest BCUT2D eigenvalue weighted by atomic mass is 16.5. The Labute approximate surface area is 113 Å². The number of amides is 1. The molecule has 1 fully saturated rings. The average Bonchev–Trinajstić information content (AvgIpc) is 2.84. The summed E-state index contributed by atoms with van der Waals surface area (Å²) in [5.74, 6) is 0.764. The molecule has 2 rings (SSSR count). The first-order chi connectivity index (χ1) is 9.13. The van der Waals surface area contributed by atoms with Crippen molar-refractivity contribution in [1.29, 1.82) is 0 Å². The number of carbonyl (C=O) groups is 1. The Morgan fingerprint density at radius 3 is 3.05 bits per heavy atom. The summed E-state index contributed by atoms with van der Waals surface area (Å²) in [5.41, 5.74) is 7.62. The summed E-state index contributed by atoms with van der Waals surface area (Å²) in [4.78, 5) is 12.5. The molecule has 3 N–H and O–H groups in total. The zero-order valence-electron chi connectivity index (χ0n) is 11.1. The van der Waals surface area contributed by atoms with Crippen LogP contribution in [0.2, 0.25) is 0 Å². The number of nitrogens with zero attached hydrogens (tertiary/aromatic N) is 1. The van der Waals surface area contributed by atoms with Crippen LogP contribution in [0.25, 0.3) is 0 Å². The molecule has 1 aromatic rings. The van der Waals surface area contributed by atoms with Gasteiger partial charge in [0.2, 0.25) is 0 Å². The molecule has 1 aromatic carbocycles. The van der Waals surface area contributed by atoms with Gasteiger partial charge >= 0.3 is 6.09 Å². The molecule has 0 radical (unpaired) electrons. The molecule has 0 aliphatic carbocycles. The average molecular weight is 264 g/mol. The van der Waals surface area contributed by atoms with Crippen LogP contribution in [-0.2, 0) is 6.42 Å². The van der Waals surface area contributed by atoms with Gasteiger partial charge in [-0.25, -0.2) is 4.79 Å². The van der Waals surface area contributed by atoms with Crippen molar-refractivity contribution < 1.29 is 14.6 Å². The van der Waals surface area contributed by atoms with E-state index in [2.05, 4.69) is 0 Å². The summed E-state index contributed by atoms with van der Waals surface area (Å²) in [6.07, 6.45) is 1.69. The van der Waals surface area contributed by atoms with Crippen molar-refractivity contribution in [2.24, 2.45) is 0 Å². The van der Waals surface area contributed by atoms with E-state index in [1.54, 1.807) is 0 Å². The Morgan fingerprint density at radius 2 is 2.37 bits per heavy atom. The van der Waals surface area contributed by atoms with E-state index in [-0.39, 0.29) is 6.04 Å². The van der Waals surface area contributed by atoms with Crippen LogP contribution in [0.3, 0.4) is 0 Å². The molecule has 0 saturated carbocycles. The Balaban J connectivity index is 2.03. The molecule has 0 aromatic heterocycles. The molecule has 1 heterocycles. The van der Waals surface area contributed by atoms with Gasteiger partial charge in [-0.05, 0) is 31.4 Å². The number of anilines is 1. The van der Waals surface area contributed by atoms with E-state index in [0.717, 1.165) is 36.3 Å². The number of hydrogen-bond acceptors (Lipinski definition) is 3. The fraction of sp³-hybridized carbons (Fsp3) is 0.500. The fourth-order valence-electron chi connectivity index (χ4n) is 2.54. The molecule has 19 heavy (non-hydrogen) atoms. The second-order valence-corrected chi connectivity index (χ2v) is 4.76. The smallest absolute Gasteiger partial charge is 0.407 e. The minimum atomic E-state index is -0.866. The Bertz CT molecular complexity index is 462. The van der Waals surface area contributed by atoms with E-state index >= 15 is 0 Å². The Kier molecular flexibility index (Phi) is 4.14. The first kappa shape index (κ1) is 13.5. The molecule has 1 atom stereocenters. The van der Waals surface area contributed by atoms with E-state index in [4.69, 9.17) is 15.6 Å². The molecule has 1 saturated heterocycles. The molecule has 0 spiro atoms. The van der Waals surface area contributed by atoms with Gasteiger partial charge in [-0.15, -0.1) is 0 Å². The highest BCUT2D eigenvalue weighted by Crippen LogP contribution is 2.26. The van der Waals surface area contributed by atoms with E-state index in [1.165, 1.54) is 4.90 Å². The van der Waals surface area contributed by atoms with Gasteiger partial charge in [0, 0.05) is 17.8 Å². The second-order valence-electron chi connectivity index (χ2n) is 4.76. The quantitative estimate of drug-likeness (QED) is 0.818. The van der Waals surface area contributed by atoms with Crippen LogP contribution >= 0.6 is 0 Å². The zero-order chi connectivity index (χ0) is 13.8. The second kappa shape index (κ2) is 5.82. The van der Waals surface area contributed by atoms with Crippen LogP contribution in [0, 0.1) is 0 Å². The van der Waals surface area contributed by atoms with Crippen LogP contribution in [-0.4, -0.2) is 35.3 Å². The van der Waals surface area contributed by atoms with Crippen molar-refractivity contribution in [2.75, 3.05) is 18.9 Å². The number of nitrogen functional groups attached to an aromatic ring is 1. The lowest BCUT2D eigenvalue weighted by Crippen LogP contribution is -2.38. The molecular formula is C14H20N2O3. The SMILES string of the molecule is CCc1c(N)cccc1OC[C@@H]1CCCN1C(=O)O. The number of hydrogen-bond donors (Lipinski definition) is 2. The van der Waals surface area contributed by atoms with Gasteiger partial charge in [0.1, 0.15) is 12.4 Å². The van der Waals surface area contributed by atoms with E-state index in [0.29, 0.717) is 13.2 Å².